The van der Waals surface area contributed by atoms with Gasteiger partial charge in [0.05, 0.1) is 12.5 Å². The summed E-state index contributed by atoms with van der Waals surface area (Å²) in [5.41, 5.74) is 0.582. The Morgan fingerprint density at radius 1 is 1.26 bits per heavy atom. The van der Waals surface area contributed by atoms with Crippen molar-refractivity contribution in [2.45, 2.75) is 30.8 Å². The third-order valence-electron chi connectivity index (χ3n) is 4.18. The molecular weight excluding hydrogens is 361 g/mol. The lowest BCUT2D eigenvalue weighted by atomic mass is 10.1. The van der Waals surface area contributed by atoms with E-state index >= 15 is 0 Å². The molecule has 10 heteroatoms. The number of rotatable bonds is 7. The molecule has 1 aromatic heterocycles. The molecule has 0 radical (unpaired) electrons. The number of carbonyl (C=O) groups excluding carboxylic acids is 1. The van der Waals surface area contributed by atoms with Crippen LogP contribution < -0.4 is 5.32 Å². The fraction of sp³-hybridized carbons (Fsp3) is 0.471. The van der Waals surface area contributed by atoms with E-state index in [-0.39, 0.29) is 43.0 Å². The second-order valence-electron chi connectivity index (χ2n) is 6.15. The summed E-state index contributed by atoms with van der Waals surface area (Å²) >= 11 is 0. The molecule has 3 N–H and O–H groups in total. The Balaban J connectivity index is 1.59. The standard InChI is InChI=1S/C17H20FN3O6/c1-25-8-13(22)19-7-12-16(24)15(23)11(26-12)6-14-20-17(21-27-14)9-2-4-10(18)5-3-9/h2-5,11-12,15-16,23-24H,6-8H2,1H3,(H,19,22)/t11-,12+,15-,16+/m0/s1. The van der Waals surface area contributed by atoms with E-state index in [2.05, 4.69) is 15.5 Å². The van der Waals surface area contributed by atoms with Crippen molar-refractivity contribution in [1.82, 2.24) is 15.5 Å². The number of nitrogens with one attached hydrogen (secondary N) is 1. The summed E-state index contributed by atoms with van der Waals surface area (Å²) in [6.07, 6.45) is -3.81. The number of aromatic nitrogens is 2. The van der Waals surface area contributed by atoms with E-state index in [1.54, 1.807) is 0 Å². The van der Waals surface area contributed by atoms with Gasteiger partial charge in [0.1, 0.15) is 30.7 Å². The molecule has 1 saturated heterocycles. The van der Waals surface area contributed by atoms with Crippen LogP contribution in [0.3, 0.4) is 0 Å². The predicted octanol–water partition coefficient (Wildman–Crippen LogP) is -0.330. The minimum atomic E-state index is -1.17. The van der Waals surface area contributed by atoms with Crippen molar-refractivity contribution in [1.29, 1.82) is 0 Å². The molecular formula is C17H20FN3O6. The van der Waals surface area contributed by atoms with E-state index in [1.807, 2.05) is 0 Å². The summed E-state index contributed by atoms with van der Waals surface area (Å²) in [4.78, 5) is 15.6. The van der Waals surface area contributed by atoms with Crippen molar-refractivity contribution in [3.05, 3.63) is 36.0 Å². The van der Waals surface area contributed by atoms with Crippen LogP contribution in [0.4, 0.5) is 4.39 Å². The highest BCUT2D eigenvalue weighted by Gasteiger charge is 2.43. The van der Waals surface area contributed by atoms with Crippen LogP contribution in [0.15, 0.2) is 28.8 Å². The fourth-order valence-corrected chi connectivity index (χ4v) is 2.79. The van der Waals surface area contributed by atoms with Gasteiger partial charge in [-0.15, -0.1) is 0 Å². The number of halogens is 1. The molecule has 2 aromatic rings. The number of benzene rings is 1. The number of aliphatic hydroxyl groups excluding tert-OH is 2. The molecule has 9 nitrogen and oxygen atoms in total. The number of nitrogens with zero attached hydrogens (tertiary/aromatic N) is 2. The molecule has 3 rings (SSSR count). The van der Waals surface area contributed by atoms with Crippen molar-refractivity contribution in [3.8, 4) is 11.4 Å². The molecule has 1 amide bonds. The number of hydrogen-bond donors (Lipinski definition) is 3. The average Bonchev–Trinajstić information content (AvgIpc) is 3.21. The van der Waals surface area contributed by atoms with Crippen molar-refractivity contribution in [2.75, 3.05) is 20.3 Å². The topological polar surface area (TPSA) is 127 Å². The van der Waals surface area contributed by atoms with Gasteiger partial charge in [0.25, 0.3) is 0 Å². The van der Waals surface area contributed by atoms with E-state index in [9.17, 15) is 19.4 Å². The molecule has 0 spiro atoms. The second kappa shape index (κ2) is 8.53. The van der Waals surface area contributed by atoms with E-state index in [0.29, 0.717) is 5.56 Å². The SMILES string of the molecule is COCC(=O)NC[C@H]1O[C@@H](Cc2nc(-c3ccc(F)cc3)no2)[C@H](O)[C@@H]1O. The van der Waals surface area contributed by atoms with Crippen molar-refractivity contribution in [2.24, 2.45) is 0 Å². The molecule has 27 heavy (non-hydrogen) atoms. The number of carbonyl (C=O) groups is 1. The first-order chi connectivity index (χ1) is 13.0. The van der Waals surface area contributed by atoms with Crippen molar-refractivity contribution in [3.63, 3.8) is 0 Å². The number of hydrogen-bond acceptors (Lipinski definition) is 8. The highest BCUT2D eigenvalue weighted by molar-refractivity contribution is 5.77. The van der Waals surface area contributed by atoms with Gasteiger partial charge in [0, 0.05) is 19.2 Å². The molecule has 0 unspecified atom stereocenters. The molecule has 2 heterocycles. The van der Waals surface area contributed by atoms with Gasteiger partial charge >= 0.3 is 0 Å². The largest absolute Gasteiger partial charge is 0.388 e. The van der Waals surface area contributed by atoms with Crippen LogP contribution in [-0.2, 0) is 20.7 Å². The van der Waals surface area contributed by atoms with Gasteiger partial charge < -0.3 is 29.5 Å². The van der Waals surface area contributed by atoms with Gasteiger partial charge in [-0.25, -0.2) is 4.39 Å². The summed E-state index contributed by atoms with van der Waals surface area (Å²) < 4.78 is 28.4. The van der Waals surface area contributed by atoms with Gasteiger partial charge in [-0.1, -0.05) is 5.16 Å². The van der Waals surface area contributed by atoms with Gasteiger partial charge in [-0.3, -0.25) is 4.79 Å². The molecule has 1 fully saturated rings. The molecule has 0 saturated carbocycles. The molecule has 146 valence electrons. The van der Waals surface area contributed by atoms with Crippen molar-refractivity contribution < 1.29 is 33.4 Å². The fourth-order valence-electron chi connectivity index (χ4n) is 2.79. The Morgan fingerprint density at radius 2 is 1.96 bits per heavy atom. The zero-order valence-electron chi connectivity index (χ0n) is 14.5. The highest BCUT2D eigenvalue weighted by Crippen LogP contribution is 2.24. The van der Waals surface area contributed by atoms with Crippen LogP contribution in [0.1, 0.15) is 5.89 Å². The number of amides is 1. The van der Waals surface area contributed by atoms with Crippen LogP contribution in [0.25, 0.3) is 11.4 Å². The maximum Gasteiger partial charge on any atom is 0.246 e. The zero-order chi connectivity index (χ0) is 19.4. The molecule has 4 atom stereocenters. The summed E-state index contributed by atoms with van der Waals surface area (Å²) in [5.74, 6) is -0.245. The number of methoxy groups -OCH3 is 1. The minimum absolute atomic E-state index is 0.0293. The molecule has 0 bridgehead atoms. The highest BCUT2D eigenvalue weighted by atomic mass is 19.1. The van der Waals surface area contributed by atoms with E-state index in [0.717, 1.165) is 0 Å². The maximum absolute atomic E-state index is 13.0. The summed E-state index contributed by atoms with van der Waals surface area (Å²) in [6, 6.07) is 5.61. The predicted molar refractivity (Wildman–Crippen MR) is 89.0 cm³/mol. The van der Waals surface area contributed by atoms with Crippen LogP contribution in [0, 0.1) is 5.82 Å². The molecule has 1 aromatic carbocycles. The summed E-state index contributed by atoms with van der Waals surface area (Å²) in [5, 5.41) is 26.6. The first-order valence-corrected chi connectivity index (χ1v) is 8.33. The number of aliphatic hydroxyl groups is 2. The quantitative estimate of drug-likeness (QED) is 0.595. The first kappa shape index (κ1) is 19.4. The van der Waals surface area contributed by atoms with Crippen molar-refractivity contribution >= 4 is 5.91 Å². The zero-order valence-corrected chi connectivity index (χ0v) is 14.5. The Bertz CT molecular complexity index is 768. The van der Waals surface area contributed by atoms with Gasteiger partial charge in [0.15, 0.2) is 0 Å². The smallest absolute Gasteiger partial charge is 0.246 e. The second-order valence-corrected chi connectivity index (χ2v) is 6.15. The lowest BCUT2D eigenvalue weighted by Gasteiger charge is -2.15. The van der Waals surface area contributed by atoms with Gasteiger partial charge in [0.2, 0.25) is 17.6 Å². The first-order valence-electron chi connectivity index (χ1n) is 8.33. The van der Waals surface area contributed by atoms with Gasteiger partial charge in [-0.2, -0.15) is 4.98 Å². The monoisotopic (exact) mass is 381 g/mol. The minimum Gasteiger partial charge on any atom is -0.388 e. The van der Waals surface area contributed by atoms with E-state index < -0.39 is 24.4 Å². The maximum atomic E-state index is 13.0. The third kappa shape index (κ3) is 4.66. The Morgan fingerprint density at radius 3 is 2.67 bits per heavy atom. The van der Waals surface area contributed by atoms with Crippen LogP contribution in [-0.4, -0.2) is 70.9 Å². The lowest BCUT2D eigenvalue weighted by molar-refractivity contribution is -0.125. The summed E-state index contributed by atoms with van der Waals surface area (Å²) in [7, 11) is 1.39. The third-order valence-corrected chi connectivity index (χ3v) is 4.18. The molecule has 0 aliphatic carbocycles. The Hall–Kier alpha value is -2.40. The van der Waals surface area contributed by atoms with Gasteiger partial charge in [-0.05, 0) is 24.3 Å². The lowest BCUT2D eigenvalue weighted by Crippen LogP contribution is -2.40. The Labute approximate surface area is 154 Å². The average molecular weight is 381 g/mol. The van der Waals surface area contributed by atoms with Crippen LogP contribution in [0.5, 0.6) is 0 Å². The summed E-state index contributed by atoms with van der Waals surface area (Å²) in [6.45, 7) is -0.0788. The normalized spacial score (nSPS) is 24.9. The van der Waals surface area contributed by atoms with Crippen LogP contribution in [0.2, 0.25) is 0 Å². The Kier molecular flexibility index (Phi) is 6.11. The molecule has 1 aliphatic heterocycles. The van der Waals surface area contributed by atoms with Crippen LogP contribution >= 0.6 is 0 Å². The molecule has 1 aliphatic rings. The van der Waals surface area contributed by atoms with E-state index in [4.69, 9.17) is 14.0 Å². The van der Waals surface area contributed by atoms with E-state index in [1.165, 1.54) is 31.4 Å². The number of ether oxygens (including phenoxy) is 2.